The van der Waals surface area contributed by atoms with Gasteiger partial charge < -0.3 is 14.1 Å². The molecule has 1 aromatic heterocycles. The average molecular weight is 740 g/mol. The minimum absolute atomic E-state index is 0.190. The Balaban J connectivity index is 1.40. The van der Waals surface area contributed by atoms with Gasteiger partial charge in [0.05, 0.1) is 24.1 Å². The van der Waals surface area contributed by atoms with Crippen LogP contribution in [0.3, 0.4) is 0 Å². The Hall–Kier alpha value is -0.273. The van der Waals surface area contributed by atoms with E-state index in [9.17, 15) is 4.39 Å². The summed E-state index contributed by atoms with van der Waals surface area (Å²) in [6.07, 6.45) is 3.94. The lowest BCUT2D eigenvalue weighted by atomic mass is 9.88. The SMILES string of the molecule is CN(c1nc(OC[C@@]23CCCN2C[C@H](F)C3)nc2c(I)c(Br)c(Cl)cc12)C1CC(O[Si](C)(C)C(C)(C)C)C1. The highest BCUT2D eigenvalue weighted by atomic mass is 127. The Kier molecular flexibility index (Phi) is 8.10. The van der Waals surface area contributed by atoms with Crippen molar-refractivity contribution in [2.24, 2.45) is 0 Å². The van der Waals surface area contributed by atoms with Crippen molar-refractivity contribution >= 4 is 75.2 Å². The molecule has 0 bridgehead atoms. The molecule has 3 aliphatic rings. The number of nitrogens with zero attached hydrogens (tertiary/aromatic N) is 4. The van der Waals surface area contributed by atoms with Gasteiger partial charge in [-0.2, -0.15) is 9.97 Å². The van der Waals surface area contributed by atoms with Crippen LogP contribution in [0.15, 0.2) is 10.5 Å². The van der Waals surface area contributed by atoms with E-state index in [-0.39, 0.29) is 16.7 Å². The molecule has 2 aromatic rings. The lowest BCUT2D eigenvalue weighted by Crippen LogP contribution is -2.53. The van der Waals surface area contributed by atoms with Gasteiger partial charge in [0, 0.05) is 37.5 Å². The second-order valence-electron chi connectivity index (χ2n) is 12.8. The van der Waals surface area contributed by atoms with Gasteiger partial charge in [-0.05, 0) is 94.9 Å². The van der Waals surface area contributed by atoms with Gasteiger partial charge in [-0.1, -0.05) is 32.4 Å². The first-order chi connectivity index (χ1) is 17.7. The topological polar surface area (TPSA) is 50.7 Å². The molecular formula is C27H38BrClFIN4O2Si. The molecule has 11 heteroatoms. The summed E-state index contributed by atoms with van der Waals surface area (Å²) in [5.41, 5.74) is 0.553. The lowest BCUT2D eigenvalue weighted by Gasteiger charge is -2.47. The highest BCUT2D eigenvalue weighted by Gasteiger charge is 2.49. The van der Waals surface area contributed by atoms with Crippen molar-refractivity contribution in [3.63, 3.8) is 0 Å². The van der Waals surface area contributed by atoms with E-state index in [1.165, 1.54) is 0 Å². The van der Waals surface area contributed by atoms with Crippen LogP contribution in [0.2, 0.25) is 23.2 Å². The van der Waals surface area contributed by atoms with Gasteiger partial charge in [-0.15, -0.1) is 0 Å². The van der Waals surface area contributed by atoms with E-state index in [2.05, 4.69) is 89.2 Å². The molecule has 1 aromatic carbocycles. The third-order valence-corrected chi connectivity index (χ3v) is 16.9. The van der Waals surface area contributed by atoms with E-state index >= 15 is 0 Å². The molecule has 1 aliphatic carbocycles. The fourth-order valence-corrected chi connectivity index (χ4v) is 8.58. The van der Waals surface area contributed by atoms with Crippen LogP contribution in [0, 0.1) is 3.57 Å². The number of benzene rings is 1. The normalized spacial score (nSPS) is 28.0. The van der Waals surface area contributed by atoms with Crippen molar-refractivity contribution in [1.82, 2.24) is 14.9 Å². The van der Waals surface area contributed by atoms with Crippen LogP contribution in [0.4, 0.5) is 10.2 Å². The van der Waals surface area contributed by atoms with Gasteiger partial charge in [0.2, 0.25) is 0 Å². The van der Waals surface area contributed by atoms with E-state index in [1.807, 2.05) is 6.07 Å². The number of hydrogen-bond acceptors (Lipinski definition) is 6. The summed E-state index contributed by atoms with van der Waals surface area (Å²) in [4.78, 5) is 14.2. The fraction of sp³-hybridized carbons (Fsp3) is 0.704. The summed E-state index contributed by atoms with van der Waals surface area (Å²) >= 11 is 12.5. The van der Waals surface area contributed by atoms with Crippen molar-refractivity contribution in [3.8, 4) is 6.01 Å². The highest BCUT2D eigenvalue weighted by Crippen LogP contribution is 2.44. The van der Waals surface area contributed by atoms with E-state index in [0.717, 1.165) is 57.0 Å². The Morgan fingerprint density at radius 1 is 1.32 bits per heavy atom. The maximum absolute atomic E-state index is 14.3. The number of alkyl halides is 1. The zero-order valence-electron chi connectivity index (χ0n) is 23.1. The molecule has 0 spiro atoms. The van der Waals surface area contributed by atoms with Gasteiger partial charge in [-0.3, -0.25) is 4.90 Å². The summed E-state index contributed by atoms with van der Waals surface area (Å²) in [7, 11) is 0.273. The maximum Gasteiger partial charge on any atom is 0.319 e. The Morgan fingerprint density at radius 2 is 2.03 bits per heavy atom. The molecule has 2 aliphatic heterocycles. The molecule has 2 atom stereocenters. The lowest BCUT2D eigenvalue weighted by molar-refractivity contribution is 0.0840. The summed E-state index contributed by atoms with van der Waals surface area (Å²) in [6, 6.07) is 2.58. The van der Waals surface area contributed by atoms with Crippen molar-refractivity contribution in [1.29, 1.82) is 0 Å². The quantitative estimate of drug-likeness (QED) is 0.166. The summed E-state index contributed by atoms with van der Waals surface area (Å²) in [5, 5.41) is 1.72. The third-order valence-electron chi connectivity index (χ3n) is 9.24. The van der Waals surface area contributed by atoms with E-state index in [4.69, 9.17) is 30.7 Å². The number of anilines is 1. The molecule has 210 valence electrons. The Bertz CT molecular complexity index is 1230. The largest absolute Gasteiger partial charge is 0.461 e. The fourth-order valence-electron chi connectivity index (χ4n) is 5.83. The Labute approximate surface area is 253 Å². The summed E-state index contributed by atoms with van der Waals surface area (Å²) < 4.78 is 29.0. The van der Waals surface area contributed by atoms with Gasteiger partial charge in [0.25, 0.3) is 0 Å². The van der Waals surface area contributed by atoms with Gasteiger partial charge in [0.1, 0.15) is 18.6 Å². The predicted octanol–water partition coefficient (Wildman–Crippen LogP) is 7.59. The first kappa shape index (κ1) is 29.2. The van der Waals surface area contributed by atoms with Crippen LogP contribution >= 0.6 is 50.1 Å². The molecule has 1 saturated carbocycles. The van der Waals surface area contributed by atoms with Crippen molar-refractivity contribution in [3.05, 3.63) is 19.1 Å². The average Bonchev–Trinajstić information content (AvgIpc) is 3.32. The molecule has 0 radical (unpaired) electrons. The van der Waals surface area contributed by atoms with Crippen molar-refractivity contribution < 1.29 is 13.6 Å². The third kappa shape index (κ3) is 5.35. The second kappa shape index (κ2) is 10.5. The number of halogens is 4. The zero-order valence-corrected chi connectivity index (χ0v) is 28.6. The number of fused-ring (bicyclic) bond motifs is 2. The molecule has 6 nitrogen and oxygen atoms in total. The zero-order chi connectivity index (χ0) is 27.6. The smallest absolute Gasteiger partial charge is 0.319 e. The van der Waals surface area contributed by atoms with Crippen LogP contribution < -0.4 is 9.64 Å². The van der Waals surface area contributed by atoms with Crippen LogP contribution in [0.5, 0.6) is 6.01 Å². The number of ether oxygens (including phenoxy) is 1. The van der Waals surface area contributed by atoms with Crippen LogP contribution in [-0.4, -0.2) is 73.8 Å². The van der Waals surface area contributed by atoms with Crippen LogP contribution in [0.1, 0.15) is 52.9 Å². The van der Waals surface area contributed by atoms with Crippen molar-refractivity contribution in [2.75, 3.05) is 31.6 Å². The molecule has 2 saturated heterocycles. The highest BCUT2D eigenvalue weighted by molar-refractivity contribution is 14.1. The monoisotopic (exact) mass is 738 g/mol. The molecule has 0 N–H and O–H groups in total. The standard InChI is InChI=1S/C27H38BrClFIN4O2Si/c1-26(2,3)38(5,6)37-18-10-17(11-18)34(4)24-19-12-20(29)21(28)22(31)23(19)32-25(33-24)36-15-27-8-7-9-35(27)14-16(30)13-27/h12,16-18H,7-11,13-15H2,1-6H3/t16-,17?,18?,27+/m1/s1. The van der Waals surface area contributed by atoms with E-state index in [0.29, 0.717) is 36.6 Å². The summed E-state index contributed by atoms with van der Waals surface area (Å²) in [6.45, 7) is 13.3. The minimum Gasteiger partial charge on any atom is -0.461 e. The van der Waals surface area contributed by atoms with Crippen molar-refractivity contribution in [2.45, 2.75) is 94.9 Å². The number of aromatic nitrogens is 2. The maximum atomic E-state index is 14.3. The molecular weight excluding hydrogens is 702 g/mol. The Morgan fingerprint density at radius 3 is 2.71 bits per heavy atom. The molecule has 38 heavy (non-hydrogen) atoms. The van der Waals surface area contributed by atoms with Gasteiger partial charge >= 0.3 is 6.01 Å². The number of hydrogen-bond donors (Lipinski definition) is 0. The van der Waals surface area contributed by atoms with Gasteiger partial charge in [-0.25, -0.2) is 4.39 Å². The van der Waals surface area contributed by atoms with Crippen LogP contribution in [-0.2, 0) is 4.43 Å². The first-order valence-electron chi connectivity index (χ1n) is 13.5. The molecule has 3 fully saturated rings. The first-order valence-corrected chi connectivity index (χ1v) is 18.6. The molecule has 5 rings (SSSR count). The van der Waals surface area contributed by atoms with E-state index in [1.54, 1.807) is 0 Å². The molecule has 0 unspecified atom stereocenters. The van der Waals surface area contributed by atoms with Crippen LogP contribution in [0.25, 0.3) is 10.9 Å². The minimum atomic E-state index is -1.81. The predicted molar refractivity (Wildman–Crippen MR) is 167 cm³/mol. The van der Waals surface area contributed by atoms with Gasteiger partial charge in [0.15, 0.2) is 8.32 Å². The summed E-state index contributed by atoms with van der Waals surface area (Å²) in [5.74, 6) is 0.809. The van der Waals surface area contributed by atoms with E-state index < -0.39 is 14.5 Å². The number of rotatable bonds is 7. The second-order valence-corrected chi connectivity index (χ2v) is 19.8. The molecule has 0 amide bonds. The molecule has 3 heterocycles.